The lowest BCUT2D eigenvalue weighted by molar-refractivity contribution is -0.696. The number of halogens is 6. The topological polar surface area (TPSA) is 98.8 Å². The molecule has 0 saturated carbocycles. The summed E-state index contributed by atoms with van der Waals surface area (Å²) >= 11 is 0. The van der Waals surface area contributed by atoms with Gasteiger partial charge in [-0.3, -0.25) is 0 Å². The highest BCUT2D eigenvalue weighted by Gasteiger charge is 2.63. The van der Waals surface area contributed by atoms with Gasteiger partial charge in [0.25, 0.3) is 5.82 Å². The Morgan fingerprint density at radius 2 is 1.41 bits per heavy atom. The number of nitrogens with zero attached hydrogens (tertiary/aromatic N) is 3. The van der Waals surface area contributed by atoms with Crippen LogP contribution in [0.2, 0.25) is 0 Å². The van der Waals surface area contributed by atoms with Crippen molar-refractivity contribution < 1.29 is 57.2 Å². The van der Waals surface area contributed by atoms with Crippen molar-refractivity contribution in [2.45, 2.75) is 17.6 Å². The van der Waals surface area contributed by atoms with E-state index in [1.807, 2.05) is 0 Å². The minimum absolute atomic E-state index is 0.140. The number of hydrogen-bond donors (Lipinski definition) is 0. The van der Waals surface area contributed by atoms with Crippen LogP contribution < -0.4 is 17.8 Å². The van der Waals surface area contributed by atoms with Crippen molar-refractivity contribution in [1.82, 2.24) is 4.57 Å². The molecular formula is C15H16F6N3O6S2+. The second-order valence-corrected chi connectivity index (χ2v) is 9.86. The van der Waals surface area contributed by atoms with Gasteiger partial charge < -0.3 is 9.47 Å². The maximum Gasteiger partial charge on any atom is 0.517 e. The lowest BCUT2D eigenvalue weighted by atomic mass is 10.3. The highest BCUT2D eigenvalue weighted by Crippen LogP contribution is 2.38. The summed E-state index contributed by atoms with van der Waals surface area (Å²) in [5, 5.41) is 0. The highest BCUT2D eigenvalue weighted by atomic mass is 32.3. The predicted molar refractivity (Wildman–Crippen MR) is 96.5 cm³/mol. The van der Waals surface area contributed by atoms with E-state index in [2.05, 4.69) is 0 Å². The minimum atomic E-state index is -6.96. The number of methoxy groups -OCH3 is 1. The summed E-state index contributed by atoms with van der Waals surface area (Å²) in [5.41, 5.74) is -12.6. The number of imidazole rings is 1. The Morgan fingerprint density at radius 3 is 1.84 bits per heavy atom. The molecule has 1 heterocycles. The molecule has 0 N–H and O–H groups in total. The van der Waals surface area contributed by atoms with Crippen LogP contribution in [0.5, 0.6) is 11.5 Å². The normalized spacial score (nSPS) is 13.1. The molecule has 0 spiro atoms. The fourth-order valence-electron chi connectivity index (χ4n) is 2.36. The number of ether oxygens (including phenoxy) is 2. The number of sulfonamides is 2. The van der Waals surface area contributed by atoms with Gasteiger partial charge in [0.1, 0.15) is 24.7 Å². The van der Waals surface area contributed by atoms with E-state index in [-0.39, 0.29) is 13.2 Å². The minimum Gasteiger partial charge on any atom is -0.497 e. The summed E-state index contributed by atoms with van der Waals surface area (Å²) in [5.74, 6) is -0.496. The Bertz CT molecular complexity index is 1110. The molecule has 0 atom stereocenters. The van der Waals surface area contributed by atoms with Gasteiger partial charge in [-0.1, -0.05) is 0 Å². The van der Waals surface area contributed by atoms with Gasteiger partial charge in [0.05, 0.1) is 14.2 Å². The Labute approximate surface area is 178 Å². The first-order chi connectivity index (χ1) is 14.5. The molecule has 32 heavy (non-hydrogen) atoms. The van der Waals surface area contributed by atoms with Crippen LogP contribution in [0.15, 0.2) is 36.8 Å². The lowest BCUT2D eigenvalue weighted by Gasteiger charge is -2.22. The molecular weight excluding hydrogens is 496 g/mol. The number of benzene rings is 1. The van der Waals surface area contributed by atoms with Crippen LogP contribution in [0, 0.1) is 0 Å². The Balaban J connectivity index is 2.36. The molecule has 180 valence electrons. The monoisotopic (exact) mass is 512 g/mol. The maximum absolute atomic E-state index is 13.0. The summed E-state index contributed by atoms with van der Waals surface area (Å²) in [6, 6.07) is 6.22. The largest absolute Gasteiger partial charge is 0.517 e. The molecule has 2 rings (SSSR count). The van der Waals surface area contributed by atoms with Gasteiger partial charge in [-0.25, -0.2) is 9.13 Å². The molecule has 2 aromatic rings. The van der Waals surface area contributed by atoms with Gasteiger partial charge in [0.15, 0.2) is 6.20 Å². The summed E-state index contributed by atoms with van der Waals surface area (Å²) < 4.78 is 135. The first kappa shape index (κ1) is 25.6. The van der Waals surface area contributed by atoms with Crippen molar-refractivity contribution in [2.75, 3.05) is 17.4 Å². The maximum atomic E-state index is 13.0. The van der Waals surface area contributed by atoms with E-state index in [1.54, 1.807) is 12.1 Å². The molecule has 9 nitrogen and oxygen atoms in total. The number of hydrogen-bond acceptors (Lipinski definition) is 6. The smallest absolute Gasteiger partial charge is 0.497 e. The molecule has 0 aliphatic carbocycles. The number of alkyl halides is 6. The van der Waals surface area contributed by atoms with Gasteiger partial charge >= 0.3 is 31.1 Å². The van der Waals surface area contributed by atoms with Gasteiger partial charge in [-0.2, -0.15) is 43.2 Å². The molecule has 17 heteroatoms. The summed E-state index contributed by atoms with van der Waals surface area (Å²) in [7, 11) is -11.6. The van der Waals surface area contributed by atoms with Crippen molar-refractivity contribution in [3.63, 3.8) is 0 Å². The van der Waals surface area contributed by atoms with Crippen molar-refractivity contribution >= 4 is 25.9 Å². The number of aromatic nitrogens is 2. The molecule has 0 unspecified atom stereocenters. The zero-order valence-corrected chi connectivity index (χ0v) is 17.9. The summed E-state index contributed by atoms with van der Waals surface area (Å²) in [6.45, 7) is -0.315. The number of rotatable bonds is 8. The average Bonchev–Trinajstić information content (AvgIpc) is 3.00. The first-order valence-corrected chi connectivity index (χ1v) is 11.2. The van der Waals surface area contributed by atoms with E-state index in [0.29, 0.717) is 22.3 Å². The van der Waals surface area contributed by atoms with Crippen LogP contribution in [0.25, 0.3) is 0 Å². The van der Waals surface area contributed by atoms with Gasteiger partial charge in [-0.15, -0.1) is 3.71 Å². The van der Waals surface area contributed by atoms with E-state index in [1.165, 1.54) is 19.2 Å². The molecule has 0 aliphatic rings. The van der Waals surface area contributed by atoms with Gasteiger partial charge in [0.2, 0.25) is 6.33 Å². The Kier molecular flexibility index (Phi) is 6.94. The van der Waals surface area contributed by atoms with E-state index in [9.17, 15) is 43.2 Å². The van der Waals surface area contributed by atoms with Crippen LogP contribution in [0.4, 0.5) is 32.2 Å². The van der Waals surface area contributed by atoms with Gasteiger partial charge in [-0.05, 0) is 24.3 Å². The fraction of sp³-hybridized carbons (Fsp3) is 0.400. The quantitative estimate of drug-likeness (QED) is 0.396. The number of aryl methyl sites for hydroxylation is 1. The fourth-order valence-corrected chi connectivity index (χ4v) is 5.12. The van der Waals surface area contributed by atoms with Crippen LogP contribution in [-0.2, 0) is 33.6 Å². The van der Waals surface area contributed by atoms with Crippen molar-refractivity contribution in [3.05, 3.63) is 36.8 Å². The molecule has 0 fully saturated rings. The van der Waals surface area contributed by atoms with Gasteiger partial charge in [0, 0.05) is 0 Å². The van der Waals surface area contributed by atoms with E-state index in [0.717, 1.165) is 17.9 Å². The average molecular weight is 512 g/mol. The zero-order chi connectivity index (χ0) is 24.5. The molecule has 1 aromatic heterocycles. The van der Waals surface area contributed by atoms with Crippen molar-refractivity contribution in [2.24, 2.45) is 7.05 Å². The third-order valence-electron chi connectivity index (χ3n) is 3.85. The van der Waals surface area contributed by atoms with Crippen molar-refractivity contribution in [1.29, 1.82) is 0 Å². The zero-order valence-electron chi connectivity index (χ0n) is 16.3. The molecule has 0 amide bonds. The molecule has 1 aromatic carbocycles. The van der Waals surface area contributed by atoms with E-state index < -0.39 is 40.6 Å². The first-order valence-electron chi connectivity index (χ1n) is 8.27. The summed E-state index contributed by atoms with van der Waals surface area (Å²) in [4.78, 5) is 0. The number of anilines is 1. The SMILES string of the molecule is COc1ccc(OCC[n+]2cc(N(S(=O)(=O)C(F)(F)F)S(=O)(=O)C(F)(F)F)n(C)c2)cc1. The Morgan fingerprint density at radius 1 is 0.938 bits per heavy atom. The second-order valence-electron chi connectivity index (χ2n) is 6.07. The second kappa shape index (κ2) is 8.68. The van der Waals surface area contributed by atoms with E-state index in [4.69, 9.17) is 9.47 Å². The Hall–Kier alpha value is -2.69. The van der Waals surface area contributed by atoms with E-state index >= 15 is 0 Å². The standard InChI is InChI=1S/C15H16F6N3O6S2/c1-22-10-23(7-8-30-12-5-3-11(29-2)4-6-12)9-13(22)24(31(25,26)14(16,17)18)32(27,28)15(19,20)21/h3-6,9-10H,7-8H2,1-2H3/q+1. The molecule has 0 bridgehead atoms. The van der Waals surface area contributed by atoms with Crippen molar-refractivity contribution in [3.8, 4) is 11.5 Å². The molecule has 0 radical (unpaired) electrons. The van der Waals surface area contributed by atoms with Crippen LogP contribution in [-0.4, -0.2) is 46.1 Å². The molecule has 0 saturated heterocycles. The lowest BCUT2D eigenvalue weighted by Crippen LogP contribution is -2.50. The molecule has 0 aliphatic heterocycles. The predicted octanol–water partition coefficient (Wildman–Crippen LogP) is 1.91. The van der Waals surface area contributed by atoms with Crippen LogP contribution >= 0.6 is 0 Å². The van der Waals surface area contributed by atoms with Crippen LogP contribution in [0.3, 0.4) is 0 Å². The third-order valence-corrected chi connectivity index (χ3v) is 7.45. The highest BCUT2D eigenvalue weighted by molar-refractivity contribution is 8.11. The summed E-state index contributed by atoms with van der Waals surface area (Å²) in [6.07, 6.45) is 1.40. The third kappa shape index (κ3) is 5.03. The van der Waals surface area contributed by atoms with Crippen LogP contribution in [0.1, 0.15) is 0 Å².